The molecule has 19 heavy (non-hydrogen) atoms. The van der Waals surface area contributed by atoms with E-state index in [-0.39, 0.29) is 16.6 Å². The molecule has 106 valence electrons. The third kappa shape index (κ3) is 4.50. The zero-order chi connectivity index (χ0) is 14.6. The maximum absolute atomic E-state index is 12.0. The van der Waals surface area contributed by atoms with Gasteiger partial charge in [0.1, 0.15) is 10.6 Å². The molecule has 0 aliphatic carbocycles. The van der Waals surface area contributed by atoms with E-state index >= 15 is 0 Å². The fourth-order valence-corrected chi connectivity index (χ4v) is 2.24. The molecule has 0 saturated carbocycles. The van der Waals surface area contributed by atoms with Crippen LogP contribution in [0.1, 0.15) is 44.9 Å². The summed E-state index contributed by atoms with van der Waals surface area (Å²) in [7, 11) is 0. The Morgan fingerprint density at radius 3 is 2.58 bits per heavy atom. The molecule has 2 atom stereocenters. The van der Waals surface area contributed by atoms with E-state index < -0.39 is 11.4 Å². The topological polar surface area (TPSA) is 91.2 Å². The fraction of sp³-hybridized carbons (Fsp3) is 0.462. The van der Waals surface area contributed by atoms with Crippen molar-refractivity contribution in [3.05, 3.63) is 35.4 Å². The first-order valence-corrected chi connectivity index (χ1v) is 7.17. The lowest BCUT2D eigenvalue weighted by Gasteiger charge is -2.26. The van der Waals surface area contributed by atoms with Crippen LogP contribution < -0.4 is 10.2 Å². The zero-order valence-corrected chi connectivity index (χ0v) is 12.5. The normalized spacial score (nSPS) is 14.8. The first kappa shape index (κ1) is 16.0. The van der Waals surface area contributed by atoms with Crippen LogP contribution in [0.4, 0.5) is 0 Å². The first-order chi connectivity index (χ1) is 8.75. The number of hydrogen-bond acceptors (Lipinski definition) is 4. The molecular formula is C13H21N3O2S. The van der Waals surface area contributed by atoms with Crippen LogP contribution in [0.15, 0.2) is 24.3 Å². The molecule has 0 amide bonds. The molecule has 0 fully saturated rings. The number of amidine groups is 1. The van der Waals surface area contributed by atoms with Crippen LogP contribution in [0.3, 0.4) is 0 Å². The van der Waals surface area contributed by atoms with Crippen LogP contribution in [0.2, 0.25) is 0 Å². The zero-order valence-electron chi connectivity index (χ0n) is 11.7. The number of nitrogens with one attached hydrogen (secondary N) is 3. The Morgan fingerprint density at radius 2 is 2.05 bits per heavy atom. The molecular weight excluding hydrogens is 262 g/mol. The van der Waals surface area contributed by atoms with E-state index in [9.17, 15) is 4.55 Å². The summed E-state index contributed by atoms with van der Waals surface area (Å²) >= 11 is -1.16. The average Bonchev–Trinajstić information content (AvgIpc) is 2.36. The Bertz CT molecular complexity index is 446. The minimum absolute atomic E-state index is 0.0639. The molecule has 0 saturated heterocycles. The average molecular weight is 283 g/mol. The Labute approximate surface area is 117 Å². The van der Waals surface area contributed by atoms with Gasteiger partial charge in [0.05, 0.1) is 6.04 Å². The van der Waals surface area contributed by atoms with Crippen molar-refractivity contribution in [1.29, 1.82) is 5.41 Å². The molecule has 0 heterocycles. The molecule has 5 nitrogen and oxygen atoms in total. The van der Waals surface area contributed by atoms with Gasteiger partial charge in [-0.05, 0) is 39.3 Å². The molecule has 1 rings (SSSR count). The van der Waals surface area contributed by atoms with E-state index in [1.807, 2.05) is 39.2 Å². The van der Waals surface area contributed by atoms with Crippen LogP contribution in [0.25, 0.3) is 0 Å². The van der Waals surface area contributed by atoms with Crippen LogP contribution in [-0.2, 0) is 11.4 Å². The van der Waals surface area contributed by atoms with Crippen molar-refractivity contribution in [3.8, 4) is 0 Å². The van der Waals surface area contributed by atoms with Crippen molar-refractivity contribution in [2.75, 3.05) is 0 Å². The van der Waals surface area contributed by atoms with E-state index in [1.165, 1.54) is 0 Å². The minimum Gasteiger partial charge on any atom is -0.598 e. The van der Waals surface area contributed by atoms with E-state index in [0.717, 1.165) is 5.56 Å². The van der Waals surface area contributed by atoms with Crippen molar-refractivity contribution >= 4 is 17.2 Å². The number of hydrogen-bond donors (Lipinski definition) is 4. The molecule has 0 aliphatic heterocycles. The van der Waals surface area contributed by atoms with E-state index in [4.69, 9.17) is 10.6 Å². The second-order valence-electron chi connectivity index (χ2n) is 5.33. The SMILES string of the molecule is C[C@H](N[S+]([O-])C(C)(C)C)c1cccc(C(=N)NO)c1. The molecule has 0 spiro atoms. The smallest absolute Gasteiger partial charge is 0.149 e. The van der Waals surface area contributed by atoms with Gasteiger partial charge in [0.15, 0.2) is 0 Å². The lowest BCUT2D eigenvalue weighted by atomic mass is 10.1. The summed E-state index contributed by atoms with van der Waals surface area (Å²) in [6.07, 6.45) is 0. The minimum atomic E-state index is -1.16. The summed E-state index contributed by atoms with van der Waals surface area (Å²) in [6.45, 7) is 7.64. The summed E-state index contributed by atoms with van der Waals surface area (Å²) < 4.78 is 14.7. The van der Waals surface area contributed by atoms with Crippen LogP contribution in [-0.4, -0.2) is 20.3 Å². The molecule has 0 bridgehead atoms. The highest BCUT2D eigenvalue weighted by Crippen LogP contribution is 2.20. The third-order valence-electron chi connectivity index (χ3n) is 2.63. The highest BCUT2D eigenvalue weighted by Gasteiger charge is 2.28. The number of benzene rings is 1. The molecule has 1 aromatic rings. The van der Waals surface area contributed by atoms with Gasteiger partial charge < -0.3 is 4.55 Å². The fourth-order valence-electron chi connectivity index (χ4n) is 1.43. The molecule has 1 aromatic carbocycles. The maximum atomic E-state index is 12.0. The van der Waals surface area contributed by atoms with Crippen LogP contribution >= 0.6 is 0 Å². The first-order valence-electron chi connectivity index (χ1n) is 6.02. The van der Waals surface area contributed by atoms with Crippen molar-refractivity contribution in [1.82, 2.24) is 10.2 Å². The molecule has 0 aliphatic rings. The van der Waals surface area contributed by atoms with Gasteiger partial charge in [0.2, 0.25) is 0 Å². The number of rotatable bonds is 4. The van der Waals surface area contributed by atoms with Crippen molar-refractivity contribution < 1.29 is 9.76 Å². The van der Waals surface area contributed by atoms with Crippen LogP contribution in [0, 0.1) is 5.41 Å². The molecule has 6 heteroatoms. The van der Waals surface area contributed by atoms with Crippen molar-refractivity contribution in [2.24, 2.45) is 0 Å². The van der Waals surface area contributed by atoms with E-state index in [1.54, 1.807) is 18.2 Å². The monoisotopic (exact) mass is 283 g/mol. The van der Waals surface area contributed by atoms with Gasteiger partial charge in [0, 0.05) is 16.9 Å². The second-order valence-corrected chi connectivity index (χ2v) is 7.33. The van der Waals surface area contributed by atoms with Crippen LogP contribution in [0.5, 0.6) is 0 Å². The third-order valence-corrected chi connectivity index (χ3v) is 4.31. The van der Waals surface area contributed by atoms with Gasteiger partial charge in [-0.1, -0.05) is 18.2 Å². The van der Waals surface area contributed by atoms with Gasteiger partial charge in [-0.25, -0.2) is 0 Å². The molecule has 1 unspecified atom stereocenters. The lowest BCUT2D eigenvalue weighted by molar-refractivity contribution is 0.234. The summed E-state index contributed by atoms with van der Waals surface area (Å²) in [4.78, 5) is 0. The largest absolute Gasteiger partial charge is 0.598 e. The standard InChI is InChI=1S/C13H21N3O2S/c1-9(16-19(18)13(2,3)4)10-6-5-7-11(8-10)12(14)15-17/h5-9,16-17H,1-4H3,(H2,14,15)/t9-,19?/m0/s1. The van der Waals surface area contributed by atoms with Gasteiger partial charge in [-0.3, -0.25) is 16.1 Å². The summed E-state index contributed by atoms with van der Waals surface area (Å²) in [6, 6.07) is 7.10. The Balaban J connectivity index is 2.83. The lowest BCUT2D eigenvalue weighted by Crippen LogP contribution is -2.40. The van der Waals surface area contributed by atoms with E-state index in [0.29, 0.717) is 5.56 Å². The Kier molecular flexibility index (Phi) is 5.37. The molecule has 0 aromatic heterocycles. The maximum Gasteiger partial charge on any atom is 0.149 e. The Morgan fingerprint density at radius 1 is 1.42 bits per heavy atom. The molecule has 0 radical (unpaired) electrons. The summed E-state index contributed by atoms with van der Waals surface area (Å²) in [5.41, 5.74) is 3.31. The van der Waals surface area contributed by atoms with E-state index in [2.05, 4.69) is 4.72 Å². The summed E-state index contributed by atoms with van der Waals surface area (Å²) in [5, 5.41) is 16.2. The van der Waals surface area contributed by atoms with Gasteiger partial charge in [-0.2, -0.15) is 0 Å². The van der Waals surface area contributed by atoms with Gasteiger partial charge >= 0.3 is 0 Å². The van der Waals surface area contributed by atoms with Gasteiger partial charge in [0.25, 0.3) is 0 Å². The number of hydroxylamine groups is 1. The second kappa shape index (κ2) is 6.38. The predicted octanol–water partition coefficient (Wildman–Crippen LogP) is 2.10. The predicted molar refractivity (Wildman–Crippen MR) is 77.6 cm³/mol. The Hall–Kier alpha value is -1.08. The highest BCUT2D eigenvalue weighted by atomic mass is 32.2. The summed E-state index contributed by atoms with van der Waals surface area (Å²) in [5.74, 6) is -0.0639. The van der Waals surface area contributed by atoms with Crippen molar-refractivity contribution in [2.45, 2.75) is 38.5 Å². The quantitative estimate of drug-likeness (QED) is 0.295. The van der Waals surface area contributed by atoms with Crippen molar-refractivity contribution in [3.63, 3.8) is 0 Å². The van der Waals surface area contributed by atoms with Gasteiger partial charge in [-0.15, -0.1) is 4.72 Å². The molecule has 4 N–H and O–H groups in total. The highest BCUT2D eigenvalue weighted by molar-refractivity contribution is 7.90.